The topological polar surface area (TPSA) is 108 Å². The zero-order chi connectivity index (χ0) is 15.8. The van der Waals surface area contributed by atoms with Crippen LogP contribution in [0.25, 0.3) is 11.4 Å². The van der Waals surface area contributed by atoms with Gasteiger partial charge in [0.25, 0.3) is 19.9 Å². The van der Waals surface area contributed by atoms with Gasteiger partial charge < -0.3 is 0 Å². The zero-order valence-corrected chi connectivity index (χ0v) is 12.1. The maximum absolute atomic E-state index is 13.1. The lowest BCUT2D eigenvalue weighted by molar-refractivity contribution is -0.384. The summed E-state index contributed by atoms with van der Waals surface area (Å²) in [6.07, 6.45) is 0. The van der Waals surface area contributed by atoms with E-state index in [9.17, 15) is 22.9 Å². The van der Waals surface area contributed by atoms with Crippen molar-refractivity contribution in [2.24, 2.45) is 0 Å². The molecule has 0 saturated heterocycles. The molecule has 0 N–H and O–H groups in total. The number of nitrogens with zero attached hydrogens (tertiary/aromatic N) is 4. The van der Waals surface area contributed by atoms with Gasteiger partial charge in [0.2, 0.25) is 0 Å². The first-order valence-corrected chi connectivity index (χ1v) is 7.88. The highest BCUT2D eigenvalue weighted by atomic mass is 35.7. The summed E-state index contributed by atoms with van der Waals surface area (Å²) >= 11 is 0. The van der Waals surface area contributed by atoms with E-state index in [1.54, 1.807) is 6.92 Å². The van der Waals surface area contributed by atoms with Gasteiger partial charge in [0.15, 0.2) is 5.82 Å². The molecule has 11 heteroatoms. The monoisotopic (exact) mass is 334 g/mol. The van der Waals surface area contributed by atoms with Crippen LogP contribution in [0.1, 0.15) is 6.92 Å². The average Bonchev–Trinajstić information content (AvgIpc) is 2.82. The lowest BCUT2D eigenvalue weighted by atomic mass is 10.1. The quantitative estimate of drug-likeness (QED) is 0.480. The number of nitro groups is 1. The van der Waals surface area contributed by atoms with E-state index in [4.69, 9.17) is 10.7 Å². The molecule has 2 aromatic rings. The lowest BCUT2D eigenvalue weighted by Gasteiger charge is -2.06. The van der Waals surface area contributed by atoms with Crippen LogP contribution >= 0.6 is 10.7 Å². The molecule has 0 bridgehead atoms. The Kier molecular flexibility index (Phi) is 3.92. The SMILES string of the molecule is CCn1c(-c2ccc(F)cc2[N+](=O)[O-])nnc1S(=O)(=O)Cl. The molecule has 0 unspecified atom stereocenters. The van der Waals surface area contributed by atoms with E-state index < -0.39 is 30.6 Å². The Bertz CT molecular complexity index is 820. The number of hydrogen-bond acceptors (Lipinski definition) is 6. The van der Waals surface area contributed by atoms with Gasteiger partial charge in [0.1, 0.15) is 5.82 Å². The highest BCUT2D eigenvalue weighted by molar-refractivity contribution is 8.13. The van der Waals surface area contributed by atoms with Crippen molar-refractivity contribution in [3.05, 3.63) is 34.1 Å². The minimum Gasteiger partial charge on any atom is -0.297 e. The van der Waals surface area contributed by atoms with Gasteiger partial charge in [-0.3, -0.25) is 14.7 Å². The van der Waals surface area contributed by atoms with Crippen LogP contribution < -0.4 is 0 Å². The van der Waals surface area contributed by atoms with Crippen LogP contribution in [0.15, 0.2) is 23.4 Å². The fourth-order valence-corrected chi connectivity index (χ4v) is 2.76. The number of rotatable bonds is 4. The van der Waals surface area contributed by atoms with Gasteiger partial charge in [0.05, 0.1) is 16.6 Å². The summed E-state index contributed by atoms with van der Waals surface area (Å²) in [5.41, 5.74) is -0.599. The van der Waals surface area contributed by atoms with Crippen molar-refractivity contribution in [1.29, 1.82) is 0 Å². The summed E-state index contributed by atoms with van der Waals surface area (Å²) in [7, 11) is 1.07. The maximum Gasteiger partial charge on any atom is 0.296 e. The minimum absolute atomic E-state index is 0.0534. The predicted octanol–water partition coefficient (Wildman–Crippen LogP) is 1.94. The molecule has 0 spiro atoms. The third kappa shape index (κ3) is 2.85. The van der Waals surface area contributed by atoms with Crippen molar-refractivity contribution in [3.63, 3.8) is 0 Å². The normalized spacial score (nSPS) is 11.6. The summed E-state index contributed by atoms with van der Waals surface area (Å²) in [6.45, 7) is 1.70. The van der Waals surface area contributed by atoms with E-state index in [-0.39, 0.29) is 17.9 Å². The molecule has 8 nitrogen and oxygen atoms in total. The maximum atomic E-state index is 13.1. The molecular formula is C10H8ClFN4O4S. The lowest BCUT2D eigenvalue weighted by Crippen LogP contribution is -2.07. The van der Waals surface area contributed by atoms with Crippen molar-refractivity contribution in [2.75, 3.05) is 0 Å². The molecule has 0 amide bonds. The zero-order valence-electron chi connectivity index (χ0n) is 10.5. The number of halogens is 2. The van der Waals surface area contributed by atoms with Crippen LogP contribution in [0.5, 0.6) is 0 Å². The standard InChI is InChI=1S/C10H8ClFN4O4S/c1-2-15-9(13-14-10(15)21(11,19)20)7-4-3-6(12)5-8(7)16(17)18/h3-5H,2H2,1H3. The van der Waals surface area contributed by atoms with E-state index in [2.05, 4.69) is 10.2 Å². The largest absolute Gasteiger partial charge is 0.297 e. The first-order chi connectivity index (χ1) is 9.75. The van der Waals surface area contributed by atoms with Gasteiger partial charge in [0, 0.05) is 17.2 Å². The van der Waals surface area contributed by atoms with Crippen LogP contribution in [-0.4, -0.2) is 28.1 Å². The second-order valence-electron chi connectivity index (χ2n) is 3.91. The first-order valence-electron chi connectivity index (χ1n) is 5.58. The fourth-order valence-electron chi connectivity index (χ4n) is 1.80. The molecule has 0 fully saturated rings. The second-order valence-corrected chi connectivity index (χ2v) is 6.37. The van der Waals surface area contributed by atoms with Crippen LogP contribution in [-0.2, 0) is 15.6 Å². The van der Waals surface area contributed by atoms with Gasteiger partial charge in [-0.25, -0.2) is 12.8 Å². The van der Waals surface area contributed by atoms with Crippen molar-refractivity contribution in [1.82, 2.24) is 14.8 Å². The fraction of sp³-hybridized carbons (Fsp3) is 0.200. The molecule has 21 heavy (non-hydrogen) atoms. The highest BCUT2D eigenvalue weighted by Gasteiger charge is 2.26. The van der Waals surface area contributed by atoms with Crippen molar-refractivity contribution < 1.29 is 17.7 Å². The van der Waals surface area contributed by atoms with Crippen molar-refractivity contribution in [2.45, 2.75) is 18.6 Å². The van der Waals surface area contributed by atoms with Crippen LogP contribution in [0.4, 0.5) is 10.1 Å². The summed E-state index contributed by atoms with van der Waals surface area (Å²) in [6, 6.07) is 2.86. The van der Waals surface area contributed by atoms with Gasteiger partial charge in [-0.05, 0) is 19.1 Å². The summed E-state index contributed by atoms with van der Waals surface area (Å²) in [5, 5.41) is 17.5. The Morgan fingerprint density at radius 2 is 2.10 bits per heavy atom. The van der Waals surface area contributed by atoms with Crippen LogP contribution in [0.2, 0.25) is 0 Å². The third-order valence-electron chi connectivity index (χ3n) is 2.65. The van der Waals surface area contributed by atoms with E-state index in [0.29, 0.717) is 0 Å². The van der Waals surface area contributed by atoms with Gasteiger partial charge in [-0.2, -0.15) is 0 Å². The van der Waals surface area contributed by atoms with E-state index in [1.165, 1.54) is 0 Å². The molecule has 0 aliphatic rings. The Morgan fingerprint density at radius 1 is 1.43 bits per heavy atom. The molecule has 1 aromatic carbocycles. The molecule has 112 valence electrons. The van der Waals surface area contributed by atoms with Crippen molar-refractivity contribution >= 4 is 25.4 Å². The predicted molar refractivity (Wildman–Crippen MR) is 70.8 cm³/mol. The minimum atomic E-state index is -4.16. The molecule has 0 radical (unpaired) electrons. The Labute approximate surface area is 122 Å². The molecule has 1 heterocycles. The molecular weight excluding hydrogens is 327 g/mol. The average molecular weight is 335 g/mol. The summed E-state index contributed by atoms with van der Waals surface area (Å²) in [4.78, 5) is 10.2. The molecule has 1 aromatic heterocycles. The number of hydrogen-bond donors (Lipinski definition) is 0. The molecule has 0 aliphatic carbocycles. The first kappa shape index (κ1) is 15.3. The van der Waals surface area contributed by atoms with E-state index in [1.807, 2.05) is 0 Å². The Morgan fingerprint density at radius 3 is 2.62 bits per heavy atom. The second kappa shape index (κ2) is 5.37. The van der Waals surface area contributed by atoms with Crippen molar-refractivity contribution in [3.8, 4) is 11.4 Å². The molecule has 0 saturated carbocycles. The van der Waals surface area contributed by atoms with Gasteiger partial charge in [-0.15, -0.1) is 10.2 Å². The highest BCUT2D eigenvalue weighted by Crippen LogP contribution is 2.30. The van der Waals surface area contributed by atoms with Gasteiger partial charge >= 0.3 is 0 Å². The summed E-state index contributed by atoms with van der Waals surface area (Å²) < 4.78 is 37.0. The summed E-state index contributed by atoms with van der Waals surface area (Å²) in [5.74, 6) is -0.873. The van der Waals surface area contributed by atoms with Gasteiger partial charge in [-0.1, -0.05) is 0 Å². The Hall–Kier alpha value is -2.07. The number of benzene rings is 1. The number of nitro benzene ring substituents is 1. The smallest absolute Gasteiger partial charge is 0.296 e. The molecule has 0 atom stereocenters. The van der Waals surface area contributed by atoms with Crippen LogP contribution in [0.3, 0.4) is 0 Å². The number of aromatic nitrogens is 3. The van der Waals surface area contributed by atoms with E-state index >= 15 is 0 Å². The third-order valence-corrected chi connectivity index (χ3v) is 3.80. The Balaban J connectivity index is 2.74. The van der Waals surface area contributed by atoms with E-state index in [0.717, 1.165) is 22.8 Å². The molecule has 0 aliphatic heterocycles. The van der Waals surface area contributed by atoms with Crippen LogP contribution in [0, 0.1) is 15.9 Å². The molecule has 2 rings (SSSR count).